The second-order valence-electron chi connectivity index (χ2n) is 5.41. The maximum atomic E-state index is 12.4. The molecule has 22 heavy (non-hydrogen) atoms. The molecule has 5 heteroatoms. The molecule has 0 spiro atoms. The summed E-state index contributed by atoms with van der Waals surface area (Å²) < 4.78 is 3.67. The summed E-state index contributed by atoms with van der Waals surface area (Å²) in [6.45, 7) is 2.72. The van der Waals surface area contributed by atoms with E-state index in [1.165, 1.54) is 16.9 Å². The molecule has 3 rings (SSSR count). The third kappa shape index (κ3) is 2.89. The van der Waals surface area contributed by atoms with Crippen LogP contribution in [0.25, 0.3) is 10.2 Å². The fourth-order valence-corrected chi connectivity index (χ4v) is 3.74. The van der Waals surface area contributed by atoms with Gasteiger partial charge >= 0.3 is 0 Å². The highest BCUT2D eigenvalue weighted by atomic mass is 35.5. The van der Waals surface area contributed by atoms with E-state index >= 15 is 0 Å². The van der Waals surface area contributed by atoms with Crippen LogP contribution in [-0.4, -0.2) is 17.0 Å². The predicted molar refractivity (Wildman–Crippen MR) is 93.0 cm³/mol. The van der Waals surface area contributed by atoms with Crippen LogP contribution in [0, 0.1) is 0 Å². The number of hydrogen-bond donors (Lipinski definition) is 1. The number of thiophene rings is 1. The molecule has 114 valence electrons. The number of hydrogen-bond acceptors (Lipinski definition) is 2. The average Bonchev–Trinajstić information content (AvgIpc) is 3.03. The first kappa shape index (κ1) is 15.1. The van der Waals surface area contributed by atoms with Gasteiger partial charge in [-0.15, -0.1) is 11.3 Å². The zero-order chi connectivity index (χ0) is 15.7. The van der Waals surface area contributed by atoms with Crippen molar-refractivity contribution >= 4 is 39.1 Å². The Labute approximate surface area is 138 Å². The quantitative estimate of drug-likeness (QED) is 0.753. The molecule has 0 aliphatic rings. The minimum atomic E-state index is -0.0511. The van der Waals surface area contributed by atoms with Gasteiger partial charge in [-0.2, -0.15) is 0 Å². The number of rotatable bonds is 4. The molecular weight excluding hydrogens is 316 g/mol. The van der Waals surface area contributed by atoms with Gasteiger partial charge in [-0.3, -0.25) is 4.79 Å². The van der Waals surface area contributed by atoms with E-state index < -0.39 is 0 Å². The van der Waals surface area contributed by atoms with E-state index in [1.54, 1.807) is 0 Å². The lowest BCUT2D eigenvalue weighted by Gasteiger charge is -2.13. The number of benzene rings is 1. The Bertz CT molecular complexity index is 807. The van der Waals surface area contributed by atoms with Crippen molar-refractivity contribution in [1.29, 1.82) is 0 Å². The summed E-state index contributed by atoms with van der Waals surface area (Å²) in [5, 5.41) is 3.02. The van der Waals surface area contributed by atoms with Gasteiger partial charge in [0.2, 0.25) is 0 Å². The number of carbonyl (C=O) groups excluding carboxylic acids is 1. The maximum Gasteiger partial charge on any atom is 0.267 e. The van der Waals surface area contributed by atoms with Crippen LogP contribution in [0.5, 0.6) is 0 Å². The van der Waals surface area contributed by atoms with Gasteiger partial charge in [0, 0.05) is 13.6 Å². The van der Waals surface area contributed by atoms with Crippen molar-refractivity contribution in [1.82, 2.24) is 9.88 Å². The van der Waals surface area contributed by atoms with Crippen molar-refractivity contribution in [2.45, 2.75) is 12.8 Å². The fraction of sp³-hybridized carbons (Fsp3) is 0.235. The van der Waals surface area contributed by atoms with Crippen molar-refractivity contribution in [3.8, 4) is 0 Å². The average molecular weight is 333 g/mol. The smallest absolute Gasteiger partial charge is 0.267 e. The molecule has 3 aromatic rings. The minimum absolute atomic E-state index is 0.0511. The molecule has 0 aliphatic heterocycles. The second kappa shape index (κ2) is 6.15. The predicted octanol–water partition coefficient (Wildman–Crippen LogP) is 4.43. The van der Waals surface area contributed by atoms with Gasteiger partial charge in [0.1, 0.15) is 5.69 Å². The Morgan fingerprint density at radius 1 is 1.32 bits per heavy atom. The summed E-state index contributed by atoms with van der Waals surface area (Å²) >= 11 is 7.49. The molecule has 0 saturated carbocycles. The SMILES string of the molecule is C[C@@H](CNC(=O)c1cc2sc(Cl)cc2n1C)c1ccccc1. The van der Waals surface area contributed by atoms with Crippen molar-refractivity contribution in [2.24, 2.45) is 7.05 Å². The lowest BCUT2D eigenvalue weighted by molar-refractivity contribution is 0.0944. The highest BCUT2D eigenvalue weighted by molar-refractivity contribution is 7.22. The van der Waals surface area contributed by atoms with E-state index in [-0.39, 0.29) is 11.8 Å². The molecular formula is C17H17ClN2OS. The zero-order valence-electron chi connectivity index (χ0n) is 12.5. The summed E-state index contributed by atoms with van der Waals surface area (Å²) in [4.78, 5) is 12.4. The van der Waals surface area contributed by atoms with Crippen LogP contribution in [0.4, 0.5) is 0 Å². The summed E-state index contributed by atoms with van der Waals surface area (Å²) in [5.41, 5.74) is 2.89. The zero-order valence-corrected chi connectivity index (χ0v) is 14.0. The number of amides is 1. The van der Waals surface area contributed by atoms with E-state index in [0.717, 1.165) is 14.6 Å². The van der Waals surface area contributed by atoms with Gasteiger partial charge < -0.3 is 9.88 Å². The second-order valence-corrected chi connectivity index (χ2v) is 7.13. The Balaban J connectivity index is 1.71. The monoisotopic (exact) mass is 332 g/mol. The number of fused-ring (bicyclic) bond motifs is 1. The number of aromatic nitrogens is 1. The van der Waals surface area contributed by atoms with Crippen LogP contribution in [0.3, 0.4) is 0 Å². The number of nitrogens with zero attached hydrogens (tertiary/aromatic N) is 1. The molecule has 0 saturated heterocycles. The normalized spacial score (nSPS) is 12.5. The highest BCUT2D eigenvalue weighted by Crippen LogP contribution is 2.31. The molecule has 3 nitrogen and oxygen atoms in total. The van der Waals surface area contributed by atoms with E-state index in [1.807, 2.05) is 41.9 Å². The highest BCUT2D eigenvalue weighted by Gasteiger charge is 2.16. The molecule has 0 bridgehead atoms. The number of halogens is 1. The van der Waals surface area contributed by atoms with Crippen LogP contribution in [-0.2, 0) is 7.05 Å². The number of nitrogens with one attached hydrogen (secondary N) is 1. The van der Waals surface area contributed by atoms with E-state index in [4.69, 9.17) is 11.6 Å². The lowest BCUT2D eigenvalue weighted by atomic mass is 10.0. The van der Waals surface area contributed by atoms with E-state index in [2.05, 4.69) is 24.4 Å². The van der Waals surface area contributed by atoms with Crippen molar-refractivity contribution < 1.29 is 4.79 Å². The molecule has 0 aliphatic carbocycles. The standard InChI is InChI=1S/C17H17ClN2OS/c1-11(12-6-4-3-5-7-12)10-19-17(21)14-8-15-13(20(14)2)9-16(18)22-15/h3-9,11H,10H2,1-2H3,(H,19,21)/t11-/m0/s1. The Hall–Kier alpha value is -1.78. The molecule has 0 unspecified atom stereocenters. The van der Waals surface area contributed by atoms with Crippen LogP contribution < -0.4 is 5.32 Å². The summed E-state index contributed by atoms with van der Waals surface area (Å²) in [6, 6.07) is 14.0. The maximum absolute atomic E-state index is 12.4. The van der Waals surface area contributed by atoms with Crippen LogP contribution in [0.2, 0.25) is 4.34 Å². The molecule has 0 radical (unpaired) electrons. The first-order valence-electron chi connectivity index (χ1n) is 7.14. The van der Waals surface area contributed by atoms with E-state index in [0.29, 0.717) is 12.2 Å². The minimum Gasteiger partial charge on any atom is -0.350 e. The Morgan fingerprint density at radius 2 is 2.05 bits per heavy atom. The van der Waals surface area contributed by atoms with Gasteiger partial charge in [-0.05, 0) is 23.6 Å². The van der Waals surface area contributed by atoms with Crippen LogP contribution in [0.1, 0.15) is 28.9 Å². The molecule has 1 N–H and O–H groups in total. The number of carbonyl (C=O) groups is 1. The topological polar surface area (TPSA) is 34.0 Å². The fourth-order valence-electron chi connectivity index (χ4n) is 2.54. The van der Waals surface area contributed by atoms with Crippen LogP contribution in [0.15, 0.2) is 42.5 Å². The molecule has 1 amide bonds. The Morgan fingerprint density at radius 3 is 2.73 bits per heavy atom. The molecule has 2 aromatic heterocycles. The third-order valence-corrected chi connectivity index (χ3v) is 5.07. The molecule has 1 atom stereocenters. The summed E-state index contributed by atoms with van der Waals surface area (Å²) in [5.74, 6) is 0.228. The Kier molecular flexibility index (Phi) is 4.23. The first-order valence-corrected chi connectivity index (χ1v) is 8.33. The number of aryl methyl sites for hydroxylation is 1. The van der Waals surface area contributed by atoms with Crippen LogP contribution >= 0.6 is 22.9 Å². The first-order chi connectivity index (χ1) is 10.6. The molecule has 2 heterocycles. The summed E-state index contributed by atoms with van der Waals surface area (Å²) in [7, 11) is 1.89. The van der Waals surface area contributed by atoms with Gasteiger partial charge in [0.15, 0.2) is 0 Å². The van der Waals surface area contributed by atoms with Gasteiger partial charge in [-0.1, -0.05) is 48.9 Å². The van der Waals surface area contributed by atoms with Gasteiger partial charge in [-0.25, -0.2) is 0 Å². The largest absolute Gasteiger partial charge is 0.350 e. The lowest BCUT2D eigenvalue weighted by Crippen LogP contribution is -2.28. The van der Waals surface area contributed by atoms with Gasteiger partial charge in [0.05, 0.1) is 14.6 Å². The van der Waals surface area contributed by atoms with Crippen molar-refractivity contribution in [3.63, 3.8) is 0 Å². The van der Waals surface area contributed by atoms with Crippen molar-refractivity contribution in [2.75, 3.05) is 6.54 Å². The summed E-state index contributed by atoms with van der Waals surface area (Å²) in [6.07, 6.45) is 0. The van der Waals surface area contributed by atoms with Gasteiger partial charge in [0.25, 0.3) is 5.91 Å². The molecule has 1 aromatic carbocycles. The molecule has 0 fully saturated rings. The van der Waals surface area contributed by atoms with Crippen molar-refractivity contribution in [3.05, 3.63) is 58.1 Å². The van der Waals surface area contributed by atoms with E-state index in [9.17, 15) is 4.79 Å². The third-order valence-electron chi connectivity index (χ3n) is 3.87.